The number of likely N-dealkylation sites (tertiary alicyclic amines) is 1. The summed E-state index contributed by atoms with van der Waals surface area (Å²) in [5, 5.41) is 2.99. The Balaban J connectivity index is 1.61. The van der Waals surface area contributed by atoms with Crippen molar-refractivity contribution in [2.24, 2.45) is 0 Å². The first kappa shape index (κ1) is 17.6. The second kappa shape index (κ2) is 7.35. The largest absolute Gasteiger partial charge is 0.433 e. The van der Waals surface area contributed by atoms with Gasteiger partial charge in [0.2, 0.25) is 5.95 Å². The number of alkyl halides is 3. The summed E-state index contributed by atoms with van der Waals surface area (Å²) in [5.74, 6) is -0.285. The van der Waals surface area contributed by atoms with E-state index in [-0.39, 0.29) is 17.8 Å². The fraction of sp³-hybridized carbons (Fsp3) is 0.412. The maximum absolute atomic E-state index is 13.0. The smallest absolute Gasteiger partial charge is 0.350 e. The molecule has 25 heavy (non-hydrogen) atoms. The Morgan fingerprint density at radius 2 is 1.92 bits per heavy atom. The van der Waals surface area contributed by atoms with Crippen LogP contribution in [0.5, 0.6) is 0 Å². The van der Waals surface area contributed by atoms with Gasteiger partial charge in [-0.3, -0.25) is 4.90 Å². The van der Waals surface area contributed by atoms with Crippen LogP contribution in [0, 0.1) is 5.82 Å². The predicted octanol–water partition coefficient (Wildman–Crippen LogP) is 3.71. The van der Waals surface area contributed by atoms with Gasteiger partial charge >= 0.3 is 6.18 Å². The van der Waals surface area contributed by atoms with Gasteiger partial charge in [-0.1, -0.05) is 12.1 Å². The van der Waals surface area contributed by atoms with Crippen LogP contribution < -0.4 is 5.32 Å². The van der Waals surface area contributed by atoms with Crippen LogP contribution in [-0.2, 0) is 12.7 Å². The lowest BCUT2D eigenvalue weighted by Gasteiger charge is -2.33. The van der Waals surface area contributed by atoms with Crippen LogP contribution in [0.4, 0.5) is 23.5 Å². The van der Waals surface area contributed by atoms with E-state index in [1.165, 1.54) is 12.1 Å². The van der Waals surface area contributed by atoms with E-state index in [1.807, 2.05) is 0 Å². The number of piperidine rings is 1. The molecule has 0 aliphatic carbocycles. The molecule has 1 aromatic heterocycles. The number of rotatable bonds is 4. The summed E-state index contributed by atoms with van der Waals surface area (Å²) in [7, 11) is 0. The topological polar surface area (TPSA) is 41.0 Å². The number of hydrogen-bond donors (Lipinski definition) is 1. The number of benzene rings is 1. The van der Waals surface area contributed by atoms with Gasteiger partial charge in [-0.15, -0.1) is 0 Å². The molecule has 1 aromatic carbocycles. The number of hydrogen-bond acceptors (Lipinski definition) is 4. The van der Waals surface area contributed by atoms with Crippen molar-refractivity contribution < 1.29 is 17.6 Å². The van der Waals surface area contributed by atoms with Gasteiger partial charge in [-0.05, 0) is 43.1 Å². The number of nitrogens with one attached hydrogen (secondary N) is 1. The Bertz CT molecular complexity index is 703. The van der Waals surface area contributed by atoms with E-state index in [4.69, 9.17) is 0 Å². The summed E-state index contributed by atoms with van der Waals surface area (Å²) in [6.07, 6.45) is -1.63. The SMILES string of the molecule is Fc1ccc(CN2CCC[C@H](Nc3nccc(C(F)(F)F)n3)C2)cc1. The number of anilines is 1. The minimum Gasteiger partial charge on any atom is -0.350 e. The van der Waals surface area contributed by atoms with Crippen molar-refractivity contribution in [3.05, 3.63) is 53.6 Å². The zero-order chi connectivity index (χ0) is 17.9. The molecule has 1 fully saturated rings. The van der Waals surface area contributed by atoms with Crippen molar-refractivity contribution in [1.82, 2.24) is 14.9 Å². The molecular formula is C17H18F4N4. The predicted molar refractivity (Wildman–Crippen MR) is 85.4 cm³/mol. The van der Waals surface area contributed by atoms with E-state index in [2.05, 4.69) is 20.2 Å². The van der Waals surface area contributed by atoms with E-state index in [1.54, 1.807) is 12.1 Å². The van der Waals surface area contributed by atoms with Crippen LogP contribution in [-0.4, -0.2) is 34.0 Å². The zero-order valence-electron chi connectivity index (χ0n) is 13.4. The van der Waals surface area contributed by atoms with Gasteiger partial charge in [0.15, 0.2) is 0 Å². The lowest BCUT2D eigenvalue weighted by Crippen LogP contribution is -2.42. The van der Waals surface area contributed by atoms with Gasteiger partial charge < -0.3 is 5.32 Å². The molecule has 0 radical (unpaired) electrons. The van der Waals surface area contributed by atoms with Crippen molar-refractivity contribution in [2.45, 2.75) is 31.6 Å². The highest BCUT2D eigenvalue weighted by Gasteiger charge is 2.33. The maximum atomic E-state index is 13.0. The quantitative estimate of drug-likeness (QED) is 0.850. The van der Waals surface area contributed by atoms with E-state index >= 15 is 0 Å². The van der Waals surface area contributed by atoms with E-state index in [0.29, 0.717) is 13.1 Å². The molecule has 0 unspecified atom stereocenters. The number of aromatic nitrogens is 2. The van der Waals surface area contributed by atoms with Gasteiger partial charge in [0.25, 0.3) is 0 Å². The van der Waals surface area contributed by atoms with Gasteiger partial charge in [0.1, 0.15) is 11.5 Å². The fourth-order valence-corrected chi connectivity index (χ4v) is 2.93. The van der Waals surface area contributed by atoms with Crippen molar-refractivity contribution in [3.63, 3.8) is 0 Å². The highest BCUT2D eigenvalue weighted by Crippen LogP contribution is 2.27. The minimum absolute atomic E-state index is 0.0107. The summed E-state index contributed by atoms with van der Waals surface area (Å²) < 4.78 is 51.1. The Labute approximate surface area is 142 Å². The molecule has 3 rings (SSSR count). The lowest BCUT2D eigenvalue weighted by atomic mass is 10.0. The first-order chi connectivity index (χ1) is 11.9. The van der Waals surface area contributed by atoms with Crippen LogP contribution in [0.1, 0.15) is 24.1 Å². The summed E-state index contributed by atoms with van der Waals surface area (Å²) in [6, 6.07) is 7.15. The van der Waals surface area contributed by atoms with E-state index in [9.17, 15) is 17.6 Å². The summed E-state index contributed by atoms with van der Waals surface area (Å²) in [6.45, 7) is 2.22. The second-order valence-electron chi connectivity index (χ2n) is 6.11. The summed E-state index contributed by atoms with van der Waals surface area (Å²) in [4.78, 5) is 9.62. The summed E-state index contributed by atoms with van der Waals surface area (Å²) in [5.41, 5.74) is 0.0429. The highest BCUT2D eigenvalue weighted by atomic mass is 19.4. The fourth-order valence-electron chi connectivity index (χ4n) is 2.93. The van der Waals surface area contributed by atoms with Crippen molar-refractivity contribution in [2.75, 3.05) is 18.4 Å². The number of nitrogens with zero attached hydrogens (tertiary/aromatic N) is 3. The molecule has 0 amide bonds. The average Bonchev–Trinajstić information content (AvgIpc) is 2.57. The van der Waals surface area contributed by atoms with Gasteiger partial charge in [0, 0.05) is 25.3 Å². The molecule has 2 heterocycles. The zero-order valence-corrected chi connectivity index (χ0v) is 13.4. The third kappa shape index (κ3) is 4.88. The minimum atomic E-state index is -4.49. The molecule has 2 aromatic rings. The molecule has 1 aliphatic rings. The average molecular weight is 354 g/mol. The standard InChI is InChI=1S/C17H18F4N4/c18-13-5-3-12(4-6-13)10-25-9-1-2-14(11-25)23-16-22-8-7-15(24-16)17(19,20)21/h3-8,14H,1-2,9-11H2,(H,22,23,24)/t14-/m0/s1. The Morgan fingerprint density at radius 3 is 2.64 bits per heavy atom. The molecule has 0 spiro atoms. The van der Waals surface area contributed by atoms with Gasteiger partial charge in [-0.25, -0.2) is 14.4 Å². The third-order valence-corrected chi connectivity index (χ3v) is 4.10. The molecule has 0 saturated carbocycles. The molecule has 8 heteroatoms. The summed E-state index contributed by atoms with van der Waals surface area (Å²) >= 11 is 0. The third-order valence-electron chi connectivity index (χ3n) is 4.10. The highest BCUT2D eigenvalue weighted by molar-refractivity contribution is 5.28. The number of halogens is 4. The van der Waals surface area contributed by atoms with E-state index in [0.717, 1.165) is 37.2 Å². The Kier molecular flexibility index (Phi) is 5.17. The van der Waals surface area contributed by atoms with Crippen LogP contribution in [0.2, 0.25) is 0 Å². The molecule has 1 saturated heterocycles. The molecule has 0 bridgehead atoms. The molecule has 1 atom stereocenters. The van der Waals surface area contributed by atoms with Crippen molar-refractivity contribution in [3.8, 4) is 0 Å². The van der Waals surface area contributed by atoms with Crippen LogP contribution in [0.3, 0.4) is 0 Å². The van der Waals surface area contributed by atoms with Crippen LogP contribution >= 0.6 is 0 Å². The first-order valence-corrected chi connectivity index (χ1v) is 8.04. The Morgan fingerprint density at radius 1 is 1.16 bits per heavy atom. The monoisotopic (exact) mass is 354 g/mol. The molecular weight excluding hydrogens is 336 g/mol. The van der Waals surface area contributed by atoms with Crippen LogP contribution in [0.15, 0.2) is 36.5 Å². The normalized spacial score (nSPS) is 19.0. The maximum Gasteiger partial charge on any atom is 0.433 e. The van der Waals surface area contributed by atoms with Gasteiger partial charge in [-0.2, -0.15) is 13.2 Å². The molecule has 1 aliphatic heterocycles. The first-order valence-electron chi connectivity index (χ1n) is 8.04. The second-order valence-corrected chi connectivity index (χ2v) is 6.11. The van der Waals surface area contributed by atoms with Gasteiger partial charge in [0.05, 0.1) is 0 Å². The molecule has 1 N–H and O–H groups in total. The van der Waals surface area contributed by atoms with E-state index < -0.39 is 11.9 Å². The van der Waals surface area contributed by atoms with Crippen molar-refractivity contribution >= 4 is 5.95 Å². The Hall–Kier alpha value is -2.22. The molecule has 4 nitrogen and oxygen atoms in total. The molecule has 134 valence electrons. The van der Waals surface area contributed by atoms with Crippen LogP contribution in [0.25, 0.3) is 0 Å². The van der Waals surface area contributed by atoms with Crippen molar-refractivity contribution in [1.29, 1.82) is 0 Å². The lowest BCUT2D eigenvalue weighted by molar-refractivity contribution is -0.141.